The topological polar surface area (TPSA) is 35.5 Å². The molecule has 0 radical (unpaired) electrons. The third-order valence-corrected chi connectivity index (χ3v) is 4.39. The summed E-state index contributed by atoms with van der Waals surface area (Å²) >= 11 is 1.63. The Labute approximate surface area is 127 Å². The standard InChI is InChI=1S/C17H16O3S/c1-2-19-17(18)15-13(14-9-6-10-21-14)11-20-16(15)12-7-4-3-5-8-12/h3-10,13H,2,11H2,1H3. The molecule has 0 N–H and O–H groups in total. The van der Waals surface area contributed by atoms with Gasteiger partial charge in [-0.25, -0.2) is 4.79 Å². The van der Waals surface area contributed by atoms with Gasteiger partial charge in [0.15, 0.2) is 0 Å². The van der Waals surface area contributed by atoms with Crippen molar-refractivity contribution in [1.82, 2.24) is 0 Å². The molecule has 0 saturated carbocycles. The zero-order valence-corrected chi connectivity index (χ0v) is 12.6. The van der Waals surface area contributed by atoms with Crippen molar-refractivity contribution in [3.63, 3.8) is 0 Å². The first-order valence-electron chi connectivity index (χ1n) is 6.94. The third kappa shape index (κ3) is 2.72. The molecule has 2 aromatic rings. The van der Waals surface area contributed by atoms with Gasteiger partial charge in [0.2, 0.25) is 0 Å². The zero-order chi connectivity index (χ0) is 14.7. The molecule has 3 nitrogen and oxygen atoms in total. The fourth-order valence-corrected chi connectivity index (χ4v) is 3.29. The summed E-state index contributed by atoms with van der Waals surface area (Å²) in [5.74, 6) is 0.318. The van der Waals surface area contributed by atoms with E-state index in [-0.39, 0.29) is 11.9 Å². The number of benzene rings is 1. The first kappa shape index (κ1) is 13.9. The average molecular weight is 300 g/mol. The number of thiophene rings is 1. The number of carbonyl (C=O) groups excluding carboxylic acids is 1. The Hall–Kier alpha value is -2.07. The predicted molar refractivity (Wildman–Crippen MR) is 83.0 cm³/mol. The molecule has 0 saturated heterocycles. The van der Waals surface area contributed by atoms with Gasteiger partial charge in [0.1, 0.15) is 12.4 Å². The van der Waals surface area contributed by atoms with Gasteiger partial charge in [-0.1, -0.05) is 36.4 Å². The SMILES string of the molecule is CCOC(=O)C1=C(c2ccccc2)OCC1c1cccs1. The minimum absolute atomic E-state index is 0.0424. The van der Waals surface area contributed by atoms with Gasteiger partial charge >= 0.3 is 5.97 Å². The maximum Gasteiger partial charge on any atom is 0.338 e. The van der Waals surface area contributed by atoms with Crippen LogP contribution in [-0.4, -0.2) is 19.2 Å². The molecule has 21 heavy (non-hydrogen) atoms. The zero-order valence-electron chi connectivity index (χ0n) is 11.7. The second kappa shape index (κ2) is 6.14. The van der Waals surface area contributed by atoms with Crippen LogP contribution in [0.2, 0.25) is 0 Å². The Bertz CT molecular complexity index is 644. The smallest absolute Gasteiger partial charge is 0.338 e. The molecule has 3 rings (SSSR count). The van der Waals surface area contributed by atoms with Crippen LogP contribution in [0.1, 0.15) is 23.3 Å². The molecule has 0 spiro atoms. The van der Waals surface area contributed by atoms with E-state index in [1.165, 1.54) is 0 Å². The lowest BCUT2D eigenvalue weighted by Crippen LogP contribution is -2.13. The molecule has 1 aromatic carbocycles. The summed E-state index contributed by atoms with van der Waals surface area (Å²) in [6.07, 6.45) is 0. The molecule has 0 amide bonds. The van der Waals surface area contributed by atoms with Crippen molar-refractivity contribution in [3.05, 3.63) is 63.9 Å². The highest BCUT2D eigenvalue weighted by atomic mass is 32.1. The fourth-order valence-electron chi connectivity index (χ4n) is 2.47. The highest BCUT2D eigenvalue weighted by molar-refractivity contribution is 7.10. The number of carbonyl (C=O) groups is 1. The minimum Gasteiger partial charge on any atom is -0.491 e. The third-order valence-electron chi connectivity index (χ3n) is 3.41. The van der Waals surface area contributed by atoms with Crippen LogP contribution in [0.5, 0.6) is 0 Å². The highest BCUT2D eigenvalue weighted by Gasteiger charge is 2.35. The van der Waals surface area contributed by atoms with Gasteiger partial charge in [-0.3, -0.25) is 0 Å². The van der Waals surface area contributed by atoms with Gasteiger partial charge < -0.3 is 9.47 Å². The summed E-state index contributed by atoms with van der Waals surface area (Å²) in [6, 6.07) is 13.7. The van der Waals surface area contributed by atoms with Crippen LogP contribution in [0.15, 0.2) is 53.4 Å². The van der Waals surface area contributed by atoms with Gasteiger partial charge in [0, 0.05) is 10.4 Å². The Balaban J connectivity index is 2.05. The largest absolute Gasteiger partial charge is 0.491 e. The van der Waals surface area contributed by atoms with Crippen molar-refractivity contribution >= 4 is 23.1 Å². The Morgan fingerprint density at radius 1 is 1.29 bits per heavy atom. The number of esters is 1. The van der Waals surface area contributed by atoms with Crippen LogP contribution in [0.3, 0.4) is 0 Å². The summed E-state index contributed by atoms with van der Waals surface area (Å²) in [5, 5.41) is 2.01. The molecule has 1 aromatic heterocycles. The molecule has 1 aliphatic rings. The van der Waals surface area contributed by atoms with Crippen LogP contribution < -0.4 is 0 Å². The molecule has 1 aliphatic heterocycles. The fraction of sp³-hybridized carbons (Fsp3) is 0.235. The Morgan fingerprint density at radius 2 is 2.10 bits per heavy atom. The molecule has 2 heterocycles. The van der Waals surface area contributed by atoms with Gasteiger partial charge in [-0.2, -0.15) is 0 Å². The first-order valence-corrected chi connectivity index (χ1v) is 7.82. The van der Waals surface area contributed by atoms with Crippen molar-refractivity contribution in [2.75, 3.05) is 13.2 Å². The monoisotopic (exact) mass is 300 g/mol. The van der Waals surface area contributed by atoms with Crippen molar-refractivity contribution in [2.45, 2.75) is 12.8 Å². The van der Waals surface area contributed by atoms with Gasteiger partial charge in [-0.05, 0) is 18.4 Å². The van der Waals surface area contributed by atoms with E-state index in [2.05, 4.69) is 0 Å². The molecule has 0 aliphatic carbocycles. The summed E-state index contributed by atoms with van der Waals surface area (Å²) in [6.45, 7) is 2.66. The quantitative estimate of drug-likeness (QED) is 0.805. The van der Waals surface area contributed by atoms with E-state index >= 15 is 0 Å². The lowest BCUT2D eigenvalue weighted by atomic mass is 9.97. The Morgan fingerprint density at radius 3 is 2.76 bits per heavy atom. The summed E-state index contributed by atoms with van der Waals surface area (Å²) in [5.41, 5.74) is 1.55. The number of rotatable bonds is 4. The van der Waals surface area contributed by atoms with Crippen molar-refractivity contribution in [3.8, 4) is 0 Å². The second-order valence-electron chi connectivity index (χ2n) is 4.71. The molecular formula is C17H16O3S. The lowest BCUT2D eigenvalue weighted by Gasteiger charge is -2.10. The molecule has 1 atom stereocenters. The van der Waals surface area contributed by atoms with Crippen LogP contribution >= 0.6 is 11.3 Å². The Kier molecular flexibility index (Phi) is 4.06. The second-order valence-corrected chi connectivity index (χ2v) is 5.69. The number of hydrogen-bond acceptors (Lipinski definition) is 4. The van der Waals surface area contributed by atoms with Crippen LogP contribution in [0.25, 0.3) is 5.76 Å². The van der Waals surface area contributed by atoms with Crippen LogP contribution in [-0.2, 0) is 14.3 Å². The molecule has 1 unspecified atom stereocenters. The van der Waals surface area contributed by atoms with Crippen LogP contribution in [0.4, 0.5) is 0 Å². The van der Waals surface area contributed by atoms with E-state index in [4.69, 9.17) is 9.47 Å². The number of hydrogen-bond donors (Lipinski definition) is 0. The molecule has 4 heteroatoms. The van der Waals surface area contributed by atoms with E-state index in [0.29, 0.717) is 24.5 Å². The highest BCUT2D eigenvalue weighted by Crippen LogP contribution is 2.40. The van der Waals surface area contributed by atoms with Crippen molar-refractivity contribution < 1.29 is 14.3 Å². The maximum atomic E-state index is 12.4. The van der Waals surface area contributed by atoms with E-state index in [9.17, 15) is 4.79 Å². The van der Waals surface area contributed by atoms with Gasteiger partial charge in [0.25, 0.3) is 0 Å². The first-order chi connectivity index (χ1) is 10.3. The maximum absolute atomic E-state index is 12.4. The van der Waals surface area contributed by atoms with E-state index < -0.39 is 0 Å². The predicted octanol–water partition coefficient (Wildman–Crippen LogP) is 3.84. The van der Waals surface area contributed by atoms with E-state index in [1.807, 2.05) is 54.8 Å². The van der Waals surface area contributed by atoms with E-state index in [1.54, 1.807) is 11.3 Å². The minimum atomic E-state index is -0.285. The molecular weight excluding hydrogens is 284 g/mol. The lowest BCUT2D eigenvalue weighted by molar-refractivity contribution is -0.138. The summed E-state index contributed by atoms with van der Waals surface area (Å²) in [4.78, 5) is 13.5. The van der Waals surface area contributed by atoms with E-state index in [0.717, 1.165) is 10.4 Å². The van der Waals surface area contributed by atoms with Crippen LogP contribution in [0, 0.1) is 0 Å². The molecule has 0 fully saturated rings. The summed E-state index contributed by atoms with van der Waals surface area (Å²) in [7, 11) is 0. The molecule has 0 bridgehead atoms. The number of ether oxygens (including phenoxy) is 2. The summed E-state index contributed by atoms with van der Waals surface area (Å²) < 4.78 is 11.1. The van der Waals surface area contributed by atoms with Gasteiger partial charge in [-0.15, -0.1) is 11.3 Å². The van der Waals surface area contributed by atoms with Crippen molar-refractivity contribution in [1.29, 1.82) is 0 Å². The average Bonchev–Trinajstić information content (AvgIpc) is 3.17. The van der Waals surface area contributed by atoms with Gasteiger partial charge in [0.05, 0.1) is 18.1 Å². The normalized spacial score (nSPS) is 17.7. The van der Waals surface area contributed by atoms with Crippen molar-refractivity contribution in [2.24, 2.45) is 0 Å². The molecule has 108 valence electrons.